The average Bonchev–Trinajstić information content (AvgIpc) is 3.45. The van der Waals surface area contributed by atoms with E-state index in [1.54, 1.807) is 17.7 Å². The molecular weight excluding hydrogens is 410 g/mol. The molecule has 8 nitrogen and oxygen atoms in total. The first-order valence-corrected chi connectivity index (χ1v) is 11.6. The number of benzene rings is 1. The molecular formula is C22H25N7OS. The third-order valence-corrected chi connectivity index (χ3v) is 7.02. The maximum atomic E-state index is 5.59. The number of piperazine rings is 1. The summed E-state index contributed by atoms with van der Waals surface area (Å²) in [6, 6.07) is 8.46. The first-order valence-electron chi connectivity index (χ1n) is 10.8. The monoisotopic (exact) mass is 435 g/mol. The van der Waals surface area contributed by atoms with Gasteiger partial charge in [-0.2, -0.15) is 0 Å². The first-order chi connectivity index (χ1) is 15.3. The summed E-state index contributed by atoms with van der Waals surface area (Å²) in [5, 5.41) is 4.59. The van der Waals surface area contributed by atoms with Crippen LogP contribution in [0.5, 0.6) is 0 Å². The molecule has 0 unspecified atom stereocenters. The molecule has 2 aliphatic heterocycles. The molecule has 1 aromatic carbocycles. The molecule has 5 heterocycles. The molecule has 0 saturated carbocycles. The number of thiophene rings is 1. The number of hydrogen-bond donors (Lipinski definition) is 2. The summed E-state index contributed by atoms with van der Waals surface area (Å²) < 4.78 is 5.59. The standard InChI is InChI=1S/C22H25N7OS/c1-2-18-19(25-14-24-18)11-15(1)20-26-21(29-7-9-30-10-8-29)17-12-16(31-22(17)27-20)13-28-5-3-23-4-6-28/h1-2,11-12,14,23H,3-10,13H2,(H,24,25). The summed E-state index contributed by atoms with van der Waals surface area (Å²) in [6.45, 7) is 8.45. The highest BCUT2D eigenvalue weighted by molar-refractivity contribution is 7.18. The van der Waals surface area contributed by atoms with Crippen LogP contribution in [0.4, 0.5) is 5.82 Å². The quantitative estimate of drug-likeness (QED) is 0.510. The molecule has 0 aliphatic carbocycles. The van der Waals surface area contributed by atoms with Gasteiger partial charge in [-0.15, -0.1) is 11.3 Å². The molecule has 0 atom stereocenters. The molecule has 4 aromatic rings. The molecule has 0 spiro atoms. The zero-order valence-corrected chi connectivity index (χ0v) is 18.1. The maximum absolute atomic E-state index is 5.59. The van der Waals surface area contributed by atoms with Crippen LogP contribution in [0, 0.1) is 0 Å². The molecule has 9 heteroatoms. The van der Waals surface area contributed by atoms with E-state index < -0.39 is 0 Å². The molecule has 2 saturated heterocycles. The Balaban J connectivity index is 1.43. The molecule has 0 radical (unpaired) electrons. The lowest BCUT2D eigenvalue weighted by Gasteiger charge is -2.28. The van der Waals surface area contributed by atoms with Gasteiger partial charge >= 0.3 is 0 Å². The minimum atomic E-state index is 0.735. The Labute approximate surface area is 184 Å². The van der Waals surface area contributed by atoms with Crippen molar-refractivity contribution in [3.8, 4) is 11.4 Å². The van der Waals surface area contributed by atoms with E-state index in [1.807, 2.05) is 6.07 Å². The van der Waals surface area contributed by atoms with E-state index in [0.717, 1.165) is 97.5 Å². The van der Waals surface area contributed by atoms with Crippen LogP contribution in [0.3, 0.4) is 0 Å². The van der Waals surface area contributed by atoms with Gasteiger partial charge in [-0.05, 0) is 24.3 Å². The number of aromatic nitrogens is 4. The Morgan fingerprint density at radius 3 is 2.77 bits per heavy atom. The number of anilines is 1. The van der Waals surface area contributed by atoms with Crippen molar-refractivity contribution in [3.05, 3.63) is 35.5 Å². The van der Waals surface area contributed by atoms with E-state index in [1.165, 1.54) is 4.88 Å². The van der Waals surface area contributed by atoms with E-state index >= 15 is 0 Å². The van der Waals surface area contributed by atoms with Crippen LogP contribution < -0.4 is 10.2 Å². The minimum Gasteiger partial charge on any atom is -0.378 e. The Kier molecular flexibility index (Phi) is 5.03. The SMILES string of the molecule is c1nc2ccc(-c3nc(N4CCOCC4)c4cc(CN5CCNCC5)sc4n3)cc2[nH]1. The number of morpholine rings is 1. The summed E-state index contributed by atoms with van der Waals surface area (Å²) in [5.41, 5.74) is 2.96. The zero-order chi connectivity index (χ0) is 20.6. The number of ether oxygens (including phenoxy) is 1. The van der Waals surface area contributed by atoms with Gasteiger partial charge in [0.15, 0.2) is 5.82 Å². The van der Waals surface area contributed by atoms with Crippen LogP contribution >= 0.6 is 11.3 Å². The molecule has 160 valence electrons. The van der Waals surface area contributed by atoms with Crippen LogP contribution in [0.1, 0.15) is 4.88 Å². The second-order valence-corrected chi connectivity index (χ2v) is 9.18. The van der Waals surface area contributed by atoms with Gasteiger partial charge in [0, 0.05) is 56.3 Å². The summed E-state index contributed by atoms with van der Waals surface area (Å²) in [6.07, 6.45) is 1.72. The number of rotatable bonds is 4. The van der Waals surface area contributed by atoms with Crippen LogP contribution in [0.2, 0.25) is 0 Å². The number of hydrogen-bond acceptors (Lipinski definition) is 8. The Bertz CT molecular complexity index is 1210. The maximum Gasteiger partial charge on any atom is 0.163 e. The van der Waals surface area contributed by atoms with E-state index in [0.29, 0.717) is 0 Å². The van der Waals surface area contributed by atoms with E-state index in [9.17, 15) is 0 Å². The number of nitrogens with one attached hydrogen (secondary N) is 2. The number of H-pyrrole nitrogens is 1. The van der Waals surface area contributed by atoms with Crippen molar-refractivity contribution < 1.29 is 4.74 Å². The molecule has 0 amide bonds. The van der Waals surface area contributed by atoms with Crippen molar-refractivity contribution in [3.63, 3.8) is 0 Å². The normalized spacial score (nSPS) is 18.3. The third-order valence-electron chi connectivity index (χ3n) is 6.00. The molecule has 31 heavy (non-hydrogen) atoms. The second-order valence-electron chi connectivity index (χ2n) is 8.06. The van der Waals surface area contributed by atoms with Crippen LogP contribution in [0.15, 0.2) is 30.6 Å². The fourth-order valence-electron chi connectivity index (χ4n) is 4.34. The topological polar surface area (TPSA) is 82.2 Å². The van der Waals surface area contributed by atoms with Gasteiger partial charge in [-0.25, -0.2) is 15.0 Å². The Morgan fingerprint density at radius 2 is 1.90 bits per heavy atom. The van der Waals surface area contributed by atoms with Crippen LogP contribution in [-0.2, 0) is 11.3 Å². The Hall–Kier alpha value is -2.59. The summed E-state index contributed by atoms with van der Waals surface area (Å²) >= 11 is 1.79. The van der Waals surface area contributed by atoms with E-state index in [-0.39, 0.29) is 0 Å². The lowest BCUT2D eigenvalue weighted by atomic mass is 10.2. The van der Waals surface area contributed by atoms with Crippen molar-refractivity contribution in [2.75, 3.05) is 57.4 Å². The van der Waals surface area contributed by atoms with Gasteiger partial charge in [0.05, 0.1) is 36.0 Å². The number of nitrogens with zero attached hydrogens (tertiary/aromatic N) is 5. The van der Waals surface area contributed by atoms with Gasteiger partial charge < -0.3 is 19.9 Å². The second kappa shape index (κ2) is 8.16. The largest absolute Gasteiger partial charge is 0.378 e. The molecule has 2 fully saturated rings. The molecule has 2 N–H and O–H groups in total. The van der Waals surface area contributed by atoms with E-state index in [4.69, 9.17) is 14.7 Å². The fourth-order valence-corrected chi connectivity index (χ4v) is 5.41. The molecule has 3 aromatic heterocycles. The molecule has 2 aliphatic rings. The van der Waals surface area contributed by atoms with Crippen molar-refractivity contribution in [1.82, 2.24) is 30.2 Å². The van der Waals surface area contributed by atoms with Gasteiger partial charge in [0.1, 0.15) is 10.6 Å². The first kappa shape index (κ1) is 19.1. The zero-order valence-electron chi connectivity index (χ0n) is 17.3. The highest BCUT2D eigenvalue weighted by atomic mass is 32.1. The lowest BCUT2D eigenvalue weighted by molar-refractivity contribution is 0.122. The summed E-state index contributed by atoms with van der Waals surface area (Å²) in [4.78, 5) is 24.8. The van der Waals surface area contributed by atoms with E-state index in [2.05, 4.69) is 43.3 Å². The molecule has 6 rings (SSSR count). The van der Waals surface area contributed by atoms with Crippen molar-refractivity contribution in [2.45, 2.75) is 6.54 Å². The van der Waals surface area contributed by atoms with Gasteiger partial charge in [0.2, 0.25) is 0 Å². The summed E-state index contributed by atoms with van der Waals surface area (Å²) in [5.74, 6) is 1.79. The van der Waals surface area contributed by atoms with Crippen molar-refractivity contribution in [1.29, 1.82) is 0 Å². The van der Waals surface area contributed by atoms with Crippen molar-refractivity contribution >= 4 is 38.4 Å². The van der Waals surface area contributed by atoms with Crippen molar-refractivity contribution in [2.24, 2.45) is 0 Å². The average molecular weight is 436 g/mol. The third kappa shape index (κ3) is 3.78. The number of fused-ring (bicyclic) bond motifs is 2. The Morgan fingerprint density at radius 1 is 1.03 bits per heavy atom. The molecule has 0 bridgehead atoms. The minimum absolute atomic E-state index is 0.735. The summed E-state index contributed by atoms with van der Waals surface area (Å²) in [7, 11) is 0. The van der Waals surface area contributed by atoms with Crippen LogP contribution in [-0.4, -0.2) is 77.3 Å². The number of imidazole rings is 1. The highest BCUT2D eigenvalue weighted by Gasteiger charge is 2.21. The predicted molar refractivity (Wildman–Crippen MR) is 124 cm³/mol. The predicted octanol–water partition coefficient (Wildman–Crippen LogP) is 2.48. The number of aromatic amines is 1. The highest BCUT2D eigenvalue weighted by Crippen LogP contribution is 2.34. The van der Waals surface area contributed by atoms with Crippen LogP contribution in [0.25, 0.3) is 32.6 Å². The fraction of sp³-hybridized carbons (Fsp3) is 0.409. The lowest BCUT2D eigenvalue weighted by Crippen LogP contribution is -2.42. The van der Waals surface area contributed by atoms with Gasteiger partial charge in [-0.3, -0.25) is 4.90 Å². The smallest absolute Gasteiger partial charge is 0.163 e. The van der Waals surface area contributed by atoms with Gasteiger partial charge in [0.25, 0.3) is 0 Å². The van der Waals surface area contributed by atoms with Gasteiger partial charge in [-0.1, -0.05) is 0 Å².